The molecular formula is C9H15ClN4OS. The Morgan fingerprint density at radius 1 is 1.56 bits per heavy atom. The summed E-state index contributed by atoms with van der Waals surface area (Å²) in [6.07, 6.45) is 1.91. The number of aromatic nitrogens is 2. The Kier molecular flexibility index (Phi) is 4.64. The highest BCUT2D eigenvalue weighted by Crippen LogP contribution is 2.17. The van der Waals surface area contributed by atoms with Crippen molar-refractivity contribution >= 4 is 29.8 Å². The number of nitrogens with one attached hydrogen (secondary N) is 2. The summed E-state index contributed by atoms with van der Waals surface area (Å²) in [5.74, 6) is -0.117. The van der Waals surface area contributed by atoms with Crippen molar-refractivity contribution in [2.45, 2.75) is 25.3 Å². The molecule has 1 aromatic heterocycles. The third-order valence-corrected chi connectivity index (χ3v) is 3.22. The molecule has 1 aliphatic heterocycles. The van der Waals surface area contributed by atoms with E-state index in [1.807, 2.05) is 0 Å². The van der Waals surface area contributed by atoms with E-state index < -0.39 is 0 Å². The Bertz CT molecular complexity index is 337. The van der Waals surface area contributed by atoms with Gasteiger partial charge in [0.15, 0.2) is 5.69 Å². The molecule has 1 amide bonds. The van der Waals surface area contributed by atoms with Gasteiger partial charge in [-0.25, -0.2) is 0 Å². The maximum absolute atomic E-state index is 11.8. The molecule has 1 saturated heterocycles. The van der Waals surface area contributed by atoms with Crippen LogP contribution in [0.3, 0.4) is 0 Å². The summed E-state index contributed by atoms with van der Waals surface area (Å²) < 4.78 is 3.68. The van der Waals surface area contributed by atoms with Gasteiger partial charge in [-0.2, -0.15) is 0 Å². The molecule has 0 aliphatic carbocycles. The van der Waals surface area contributed by atoms with Gasteiger partial charge >= 0.3 is 0 Å². The maximum atomic E-state index is 11.8. The van der Waals surface area contributed by atoms with Crippen molar-refractivity contribution in [1.82, 2.24) is 20.2 Å². The molecule has 1 aromatic rings. The van der Waals surface area contributed by atoms with Gasteiger partial charge in [0, 0.05) is 10.9 Å². The van der Waals surface area contributed by atoms with Crippen LogP contribution >= 0.6 is 23.9 Å². The van der Waals surface area contributed by atoms with E-state index in [1.165, 1.54) is 11.5 Å². The Morgan fingerprint density at radius 2 is 2.25 bits per heavy atom. The first-order valence-corrected chi connectivity index (χ1v) is 5.84. The molecule has 2 heterocycles. The van der Waals surface area contributed by atoms with Gasteiger partial charge < -0.3 is 10.6 Å². The second-order valence-corrected chi connectivity index (χ2v) is 4.66. The van der Waals surface area contributed by atoms with Crippen molar-refractivity contribution < 1.29 is 4.79 Å². The van der Waals surface area contributed by atoms with E-state index >= 15 is 0 Å². The van der Waals surface area contributed by atoms with E-state index in [0.29, 0.717) is 5.69 Å². The maximum Gasteiger partial charge on any atom is 0.273 e. The second-order valence-electron chi connectivity index (χ2n) is 4.05. The van der Waals surface area contributed by atoms with Crippen molar-refractivity contribution in [2.75, 3.05) is 13.1 Å². The summed E-state index contributed by atoms with van der Waals surface area (Å²) >= 11 is 1.19. The predicted molar refractivity (Wildman–Crippen MR) is 65.1 cm³/mol. The lowest BCUT2D eigenvalue weighted by atomic mass is 9.90. The summed E-state index contributed by atoms with van der Waals surface area (Å²) in [4.78, 5) is 11.8. The molecule has 2 rings (SSSR count). The van der Waals surface area contributed by atoms with Gasteiger partial charge in [0.2, 0.25) is 0 Å². The number of amides is 1. The molecule has 0 radical (unpaired) electrons. The van der Waals surface area contributed by atoms with Crippen molar-refractivity contribution in [3.8, 4) is 0 Å². The van der Waals surface area contributed by atoms with Crippen LogP contribution < -0.4 is 10.6 Å². The molecule has 0 saturated carbocycles. The molecule has 2 N–H and O–H groups in total. The Morgan fingerprint density at radius 3 is 2.81 bits per heavy atom. The second kappa shape index (κ2) is 5.56. The molecule has 16 heavy (non-hydrogen) atoms. The molecule has 7 heteroatoms. The summed E-state index contributed by atoms with van der Waals surface area (Å²) in [7, 11) is 0. The van der Waals surface area contributed by atoms with E-state index in [1.54, 1.807) is 5.38 Å². The molecule has 0 spiro atoms. The predicted octanol–water partition coefficient (Wildman–Crippen LogP) is 0.832. The highest BCUT2D eigenvalue weighted by Gasteiger charge is 2.29. The highest BCUT2D eigenvalue weighted by atomic mass is 35.5. The van der Waals surface area contributed by atoms with Crippen LogP contribution in [0.25, 0.3) is 0 Å². The minimum absolute atomic E-state index is 0. The lowest BCUT2D eigenvalue weighted by Crippen LogP contribution is -2.52. The van der Waals surface area contributed by atoms with Crippen molar-refractivity contribution in [3.05, 3.63) is 11.1 Å². The molecule has 0 aromatic carbocycles. The average molecular weight is 263 g/mol. The quantitative estimate of drug-likeness (QED) is 0.829. The van der Waals surface area contributed by atoms with Gasteiger partial charge in [-0.1, -0.05) is 4.49 Å². The minimum Gasteiger partial charge on any atom is -0.345 e. The molecular weight excluding hydrogens is 248 g/mol. The summed E-state index contributed by atoms with van der Waals surface area (Å²) in [6.45, 7) is 3.98. The first-order chi connectivity index (χ1) is 7.20. The van der Waals surface area contributed by atoms with E-state index in [0.717, 1.165) is 25.9 Å². The van der Waals surface area contributed by atoms with E-state index in [4.69, 9.17) is 0 Å². The van der Waals surface area contributed by atoms with Gasteiger partial charge in [0.05, 0.1) is 0 Å². The zero-order chi connectivity index (χ0) is 10.7. The third kappa shape index (κ3) is 3.13. The largest absolute Gasteiger partial charge is 0.345 e. The summed E-state index contributed by atoms with van der Waals surface area (Å²) in [5.41, 5.74) is 0.311. The van der Waals surface area contributed by atoms with Gasteiger partial charge in [0.25, 0.3) is 5.91 Å². The van der Waals surface area contributed by atoms with Crippen LogP contribution in [-0.2, 0) is 0 Å². The number of piperidine rings is 1. The highest BCUT2D eigenvalue weighted by molar-refractivity contribution is 7.03. The van der Waals surface area contributed by atoms with Crippen molar-refractivity contribution in [2.24, 2.45) is 0 Å². The van der Waals surface area contributed by atoms with Gasteiger partial charge in [-0.15, -0.1) is 17.5 Å². The number of nitrogens with zero attached hydrogens (tertiary/aromatic N) is 2. The van der Waals surface area contributed by atoms with Crippen LogP contribution in [0.5, 0.6) is 0 Å². The number of carbonyl (C=O) groups is 1. The number of hydrogen-bond acceptors (Lipinski definition) is 5. The lowest BCUT2D eigenvalue weighted by molar-refractivity contribution is 0.0882. The number of hydrogen-bond donors (Lipinski definition) is 2. The van der Waals surface area contributed by atoms with Crippen LogP contribution in [0.1, 0.15) is 30.3 Å². The fourth-order valence-electron chi connectivity index (χ4n) is 1.71. The standard InChI is InChI=1S/C9H14N4OS.ClH/c1-9(2-4-10-5-3-9)11-8(14)7-6-15-13-12-7;/h6,10H,2-5H2,1H3,(H,11,14);1H. The van der Waals surface area contributed by atoms with Gasteiger partial charge in [-0.05, 0) is 44.4 Å². The lowest BCUT2D eigenvalue weighted by Gasteiger charge is -2.34. The smallest absolute Gasteiger partial charge is 0.273 e. The Hall–Kier alpha value is -0.720. The average Bonchev–Trinajstić information content (AvgIpc) is 2.70. The molecule has 1 aliphatic rings. The Balaban J connectivity index is 0.00000128. The molecule has 0 unspecified atom stereocenters. The van der Waals surface area contributed by atoms with Crippen LogP contribution in [0, 0.1) is 0 Å². The van der Waals surface area contributed by atoms with Crippen LogP contribution in [0.15, 0.2) is 5.38 Å². The van der Waals surface area contributed by atoms with Crippen LogP contribution in [-0.4, -0.2) is 34.1 Å². The normalized spacial score (nSPS) is 18.6. The van der Waals surface area contributed by atoms with Crippen LogP contribution in [0.2, 0.25) is 0 Å². The zero-order valence-corrected chi connectivity index (χ0v) is 10.7. The van der Waals surface area contributed by atoms with Gasteiger partial charge in [0.1, 0.15) is 0 Å². The topological polar surface area (TPSA) is 66.9 Å². The van der Waals surface area contributed by atoms with Crippen molar-refractivity contribution in [1.29, 1.82) is 0 Å². The Labute approximate surface area is 105 Å². The van der Waals surface area contributed by atoms with Gasteiger partial charge in [-0.3, -0.25) is 4.79 Å². The summed E-state index contributed by atoms with van der Waals surface area (Å²) in [6, 6.07) is 0. The van der Waals surface area contributed by atoms with E-state index in [9.17, 15) is 4.79 Å². The first kappa shape index (κ1) is 13.3. The third-order valence-electron chi connectivity index (χ3n) is 2.72. The number of halogens is 1. The minimum atomic E-state index is -0.117. The molecule has 0 atom stereocenters. The fraction of sp³-hybridized carbons (Fsp3) is 0.667. The molecule has 1 fully saturated rings. The first-order valence-electron chi connectivity index (χ1n) is 5.00. The summed E-state index contributed by atoms with van der Waals surface area (Å²) in [5, 5.41) is 11.7. The zero-order valence-electron chi connectivity index (χ0n) is 9.02. The number of rotatable bonds is 2. The monoisotopic (exact) mass is 262 g/mol. The fourth-order valence-corrected chi connectivity index (χ4v) is 2.14. The van der Waals surface area contributed by atoms with Crippen molar-refractivity contribution in [3.63, 3.8) is 0 Å². The van der Waals surface area contributed by atoms with E-state index in [2.05, 4.69) is 27.1 Å². The molecule has 0 bridgehead atoms. The molecule has 5 nitrogen and oxygen atoms in total. The molecule has 90 valence electrons. The van der Waals surface area contributed by atoms with E-state index in [-0.39, 0.29) is 23.9 Å². The van der Waals surface area contributed by atoms with Crippen LogP contribution in [0.4, 0.5) is 0 Å². The SMILES string of the molecule is CC1(NC(=O)c2csnn2)CCNCC1.Cl. The number of carbonyl (C=O) groups excluding carboxylic acids is 1.